The number of hydrogen-bond acceptors (Lipinski definition) is 5. The normalized spacial score (nSPS) is 11.5. The van der Waals surface area contributed by atoms with Crippen LogP contribution >= 0.6 is 23.2 Å². The van der Waals surface area contributed by atoms with Gasteiger partial charge in [0.15, 0.2) is 0 Å². The molecule has 0 amide bonds. The molecule has 0 bridgehead atoms. The second-order valence-corrected chi connectivity index (χ2v) is 13.3. The molecule has 5 rings (SSSR count). The molecule has 1 aromatic heterocycles. The summed E-state index contributed by atoms with van der Waals surface area (Å²) in [5.74, 6) is 1.34. The van der Waals surface area contributed by atoms with Crippen molar-refractivity contribution >= 4 is 47.0 Å². The third-order valence-corrected chi connectivity index (χ3v) is 8.16. The third-order valence-electron chi connectivity index (χ3n) is 7.61. The molecule has 0 saturated heterocycles. The molecule has 0 unspecified atom stereocenters. The quantitative estimate of drug-likeness (QED) is 0.134. The average Bonchev–Trinajstić information content (AvgIpc) is 3.44. The predicted octanol–water partition coefficient (Wildman–Crippen LogP) is 10.1. The van der Waals surface area contributed by atoms with Crippen LogP contribution in [0.3, 0.4) is 0 Å². The first-order chi connectivity index (χ1) is 22.6. The summed E-state index contributed by atoms with van der Waals surface area (Å²) in [4.78, 5) is 16.4. The first kappa shape index (κ1) is 33.8. The van der Waals surface area contributed by atoms with Crippen LogP contribution in [0.5, 0.6) is 5.75 Å². The second kappa shape index (κ2) is 15.4. The van der Waals surface area contributed by atoms with E-state index in [1.54, 1.807) is 6.07 Å². The average molecular weight is 669 g/mol. The summed E-state index contributed by atoms with van der Waals surface area (Å²) < 4.78 is 12.8. The van der Waals surface area contributed by atoms with Crippen LogP contribution in [-0.2, 0) is 16.1 Å². The van der Waals surface area contributed by atoms with Gasteiger partial charge in [0.05, 0.1) is 24.4 Å². The Morgan fingerprint density at radius 2 is 1.68 bits per heavy atom. The summed E-state index contributed by atoms with van der Waals surface area (Å²) in [7, 11) is 1.37. The molecular formula is C39H39Cl2N3O3. The van der Waals surface area contributed by atoms with Crippen molar-refractivity contribution in [3.63, 3.8) is 0 Å². The number of anilines is 1. The first-order valence-corrected chi connectivity index (χ1v) is 16.3. The lowest BCUT2D eigenvalue weighted by Crippen LogP contribution is -2.14. The van der Waals surface area contributed by atoms with Crippen molar-refractivity contribution in [1.29, 1.82) is 0 Å². The van der Waals surface area contributed by atoms with Crippen molar-refractivity contribution in [1.82, 2.24) is 9.55 Å². The number of aromatic nitrogens is 2. The highest BCUT2D eigenvalue weighted by Gasteiger charge is 2.13. The lowest BCUT2D eigenvalue weighted by molar-refractivity contribution is -0.138. The molecule has 242 valence electrons. The van der Waals surface area contributed by atoms with Gasteiger partial charge in [0.25, 0.3) is 0 Å². The molecule has 6 nitrogen and oxygen atoms in total. The fourth-order valence-corrected chi connectivity index (χ4v) is 5.39. The van der Waals surface area contributed by atoms with Gasteiger partial charge in [-0.3, -0.25) is 4.79 Å². The van der Waals surface area contributed by atoms with E-state index in [0.717, 1.165) is 57.2 Å². The number of halogens is 2. The molecule has 0 aliphatic rings. The summed E-state index contributed by atoms with van der Waals surface area (Å²) in [5, 5.41) is 4.18. The third kappa shape index (κ3) is 9.74. The van der Waals surface area contributed by atoms with Crippen LogP contribution in [-0.4, -0.2) is 35.8 Å². The van der Waals surface area contributed by atoms with Gasteiger partial charge in [0.2, 0.25) is 0 Å². The van der Waals surface area contributed by atoms with Gasteiger partial charge in [-0.1, -0.05) is 98.6 Å². The molecule has 0 saturated carbocycles. The highest BCUT2D eigenvalue weighted by Crippen LogP contribution is 2.31. The largest absolute Gasteiger partial charge is 0.494 e. The van der Waals surface area contributed by atoms with Crippen molar-refractivity contribution < 1.29 is 14.3 Å². The van der Waals surface area contributed by atoms with E-state index in [4.69, 9.17) is 37.7 Å². The maximum absolute atomic E-state index is 11.5. The summed E-state index contributed by atoms with van der Waals surface area (Å²) >= 11 is 12.7. The van der Waals surface area contributed by atoms with Gasteiger partial charge in [0.1, 0.15) is 18.1 Å². The molecule has 8 heteroatoms. The highest BCUT2D eigenvalue weighted by molar-refractivity contribution is 6.36. The van der Waals surface area contributed by atoms with Gasteiger partial charge >= 0.3 is 5.97 Å². The maximum atomic E-state index is 11.5. The van der Waals surface area contributed by atoms with E-state index in [1.165, 1.54) is 7.11 Å². The van der Waals surface area contributed by atoms with Crippen molar-refractivity contribution in [2.24, 2.45) is 5.41 Å². The number of carbonyl (C=O) groups excluding carboxylic acids is 1. The number of ether oxygens (including phenoxy) is 2. The molecule has 0 spiro atoms. The number of imidazole rings is 1. The number of esters is 1. The number of carbonyl (C=O) groups is 1. The van der Waals surface area contributed by atoms with Crippen LogP contribution in [0.15, 0.2) is 97.2 Å². The number of nitrogens with one attached hydrogen (secondary N) is 1. The van der Waals surface area contributed by atoms with Gasteiger partial charge < -0.3 is 19.4 Å². The number of hydrogen-bond donors (Lipinski definition) is 1. The van der Waals surface area contributed by atoms with Crippen LogP contribution < -0.4 is 10.1 Å². The van der Waals surface area contributed by atoms with E-state index >= 15 is 0 Å². The topological polar surface area (TPSA) is 65.4 Å². The number of nitrogens with zero attached hydrogens (tertiary/aromatic N) is 2. The Bertz CT molecular complexity index is 1840. The summed E-state index contributed by atoms with van der Waals surface area (Å²) in [5.41, 5.74) is 6.98. The zero-order valence-electron chi connectivity index (χ0n) is 27.1. The van der Waals surface area contributed by atoms with Crippen LogP contribution in [0, 0.1) is 5.41 Å². The number of rotatable bonds is 12. The van der Waals surface area contributed by atoms with Crippen LogP contribution in [0.4, 0.5) is 5.69 Å². The monoisotopic (exact) mass is 667 g/mol. The van der Waals surface area contributed by atoms with Crippen molar-refractivity contribution in [3.05, 3.63) is 124 Å². The number of benzene rings is 4. The molecule has 1 heterocycles. The van der Waals surface area contributed by atoms with Crippen LogP contribution in [0.1, 0.15) is 44.1 Å². The van der Waals surface area contributed by atoms with Crippen molar-refractivity contribution in [2.75, 3.05) is 25.6 Å². The molecule has 0 radical (unpaired) electrons. The Labute approximate surface area is 287 Å². The molecule has 0 aliphatic heterocycles. The molecule has 0 aliphatic carbocycles. The fraction of sp³-hybridized carbons (Fsp3) is 0.231. The van der Waals surface area contributed by atoms with Gasteiger partial charge in [0, 0.05) is 29.0 Å². The fourth-order valence-electron chi connectivity index (χ4n) is 4.89. The summed E-state index contributed by atoms with van der Waals surface area (Å²) in [6.45, 7) is 8.05. The Kier molecular flexibility index (Phi) is 11.1. The molecule has 1 N–H and O–H groups in total. The Morgan fingerprint density at radius 1 is 0.915 bits per heavy atom. The highest BCUT2D eigenvalue weighted by atomic mass is 35.5. The minimum Gasteiger partial charge on any atom is -0.494 e. The van der Waals surface area contributed by atoms with Gasteiger partial charge in [-0.15, -0.1) is 0 Å². The van der Waals surface area contributed by atoms with E-state index in [-0.39, 0.29) is 17.9 Å². The molecule has 47 heavy (non-hydrogen) atoms. The zero-order chi connectivity index (χ0) is 33.4. The van der Waals surface area contributed by atoms with Gasteiger partial charge in [-0.05, 0) is 82.6 Å². The van der Waals surface area contributed by atoms with E-state index < -0.39 is 0 Å². The SMILES string of the molecule is COC(=O)CNc1ccc(Cn2cc(-c3ccc(Cl)cc3Cl)nc2C=Cc2ccc(-c3cccc(OCCC(C)(C)C)c3)cc2)cc1. The smallest absolute Gasteiger partial charge is 0.325 e. The van der Waals surface area contributed by atoms with E-state index in [1.807, 2.05) is 60.8 Å². The maximum Gasteiger partial charge on any atom is 0.325 e. The van der Waals surface area contributed by atoms with Crippen molar-refractivity contribution in [3.8, 4) is 28.1 Å². The second-order valence-electron chi connectivity index (χ2n) is 12.5. The molecular weight excluding hydrogens is 629 g/mol. The minimum absolute atomic E-state index is 0.108. The lowest BCUT2D eigenvalue weighted by atomic mass is 9.93. The standard InChI is InChI=1S/C39H39Cl2N3O3/c1-39(2,3)20-21-47-33-7-5-6-30(22-33)29-13-8-27(9-14-29)12-19-37-43-36(34-18-15-31(40)23-35(34)41)26-44(37)25-28-10-16-32(17-11-28)42-24-38(45)46-4/h5-19,22-23,26,42H,20-21,24-25H2,1-4H3. The molecule has 0 fully saturated rings. The minimum atomic E-state index is -0.321. The van der Waals surface area contributed by atoms with Crippen molar-refractivity contribution in [2.45, 2.75) is 33.7 Å². The molecule has 4 aromatic carbocycles. The van der Waals surface area contributed by atoms with E-state index in [9.17, 15) is 4.79 Å². The van der Waals surface area contributed by atoms with Gasteiger partial charge in [-0.2, -0.15) is 0 Å². The van der Waals surface area contributed by atoms with Gasteiger partial charge in [-0.25, -0.2) is 4.98 Å². The molecule has 5 aromatic rings. The Morgan fingerprint density at radius 3 is 2.38 bits per heavy atom. The Balaban J connectivity index is 1.34. The van der Waals surface area contributed by atoms with Crippen LogP contribution in [0.2, 0.25) is 10.0 Å². The summed E-state index contributed by atoms with van der Waals surface area (Å²) in [6, 6.07) is 30.0. The van der Waals surface area contributed by atoms with E-state index in [2.05, 4.69) is 73.1 Å². The van der Waals surface area contributed by atoms with Crippen LogP contribution in [0.25, 0.3) is 34.5 Å². The Hall–Kier alpha value is -4.52. The first-order valence-electron chi connectivity index (χ1n) is 15.5. The molecule has 0 atom stereocenters. The van der Waals surface area contributed by atoms with E-state index in [0.29, 0.717) is 23.2 Å². The zero-order valence-corrected chi connectivity index (χ0v) is 28.6. The summed E-state index contributed by atoms with van der Waals surface area (Å²) in [6.07, 6.45) is 7.06. The lowest BCUT2D eigenvalue weighted by Gasteiger charge is -2.18. The number of methoxy groups -OCH3 is 1. The predicted molar refractivity (Wildman–Crippen MR) is 194 cm³/mol.